The van der Waals surface area contributed by atoms with Crippen molar-refractivity contribution in [1.82, 2.24) is 0 Å². The van der Waals surface area contributed by atoms with Crippen LogP contribution in [0.25, 0.3) is 0 Å². The fourth-order valence-electron chi connectivity index (χ4n) is 3.83. The van der Waals surface area contributed by atoms with Crippen molar-refractivity contribution < 1.29 is 23.9 Å². The second kappa shape index (κ2) is 8.78. The molecule has 1 spiro atoms. The van der Waals surface area contributed by atoms with E-state index in [4.69, 9.17) is 14.2 Å². The smallest absolute Gasteiger partial charge is 0.430 e. The fraction of sp³-hybridized carbons (Fsp3) is 0.500. The third-order valence-electron chi connectivity index (χ3n) is 5.52. The van der Waals surface area contributed by atoms with Gasteiger partial charge in [-0.25, -0.2) is 4.79 Å². The summed E-state index contributed by atoms with van der Waals surface area (Å²) in [6, 6.07) is 5.34. The molecule has 1 aromatic rings. The molecule has 1 aliphatic carbocycles. The van der Waals surface area contributed by atoms with Gasteiger partial charge in [0.25, 0.3) is 5.69 Å². The van der Waals surface area contributed by atoms with E-state index in [0.29, 0.717) is 6.61 Å². The van der Waals surface area contributed by atoms with Gasteiger partial charge in [0.05, 0.1) is 17.1 Å². The van der Waals surface area contributed by atoms with Crippen LogP contribution in [-0.4, -0.2) is 29.4 Å². The van der Waals surface area contributed by atoms with Crippen LogP contribution in [0.4, 0.5) is 10.5 Å². The Balaban J connectivity index is 1.59. The van der Waals surface area contributed by atoms with Crippen molar-refractivity contribution >= 4 is 11.8 Å². The van der Waals surface area contributed by atoms with Crippen molar-refractivity contribution in [3.63, 3.8) is 0 Å². The first-order chi connectivity index (χ1) is 13.8. The molecule has 0 amide bonds. The second-order valence-corrected chi connectivity index (χ2v) is 8.03. The van der Waals surface area contributed by atoms with Crippen LogP contribution < -0.4 is 4.74 Å². The SMILES string of the molecule is CC(C)=CC/C=C(\C)CC1C(OC(=O)Oc2ccc([N+](=O)[O-])cc2)CC[C@]12CO2. The van der Waals surface area contributed by atoms with E-state index in [0.717, 1.165) is 25.7 Å². The Morgan fingerprint density at radius 2 is 1.97 bits per heavy atom. The topological polar surface area (TPSA) is 91.2 Å². The van der Waals surface area contributed by atoms with Gasteiger partial charge in [0.1, 0.15) is 11.9 Å². The zero-order chi connectivity index (χ0) is 21.0. The van der Waals surface area contributed by atoms with Gasteiger partial charge in [-0.2, -0.15) is 0 Å². The average Bonchev–Trinajstić information content (AvgIpc) is 3.37. The number of hydrogen-bond donors (Lipinski definition) is 0. The van der Waals surface area contributed by atoms with E-state index < -0.39 is 11.1 Å². The number of non-ortho nitro benzene ring substituents is 1. The van der Waals surface area contributed by atoms with Crippen molar-refractivity contribution in [2.45, 2.75) is 58.2 Å². The lowest BCUT2D eigenvalue weighted by atomic mass is 9.88. The van der Waals surface area contributed by atoms with Gasteiger partial charge in [0, 0.05) is 18.1 Å². The van der Waals surface area contributed by atoms with Gasteiger partial charge in [-0.1, -0.05) is 23.3 Å². The number of carbonyl (C=O) groups excluding carboxylic acids is 1. The molecule has 7 nitrogen and oxygen atoms in total. The molecule has 29 heavy (non-hydrogen) atoms. The van der Waals surface area contributed by atoms with Crippen molar-refractivity contribution in [1.29, 1.82) is 0 Å². The molecule has 1 saturated carbocycles. The first kappa shape index (κ1) is 21.0. The molecule has 3 atom stereocenters. The molecule has 0 N–H and O–H groups in total. The maximum atomic E-state index is 12.3. The highest BCUT2D eigenvalue weighted by Gasteiger charge is 2.59. The van der Waals surface area contributed by atoms with E-state index in [1.165, 1.54) is 35.4 Å². The number of hydrogen-bond acceptors (Lipinski definition) is 6. The third kappa shape index (κ3) is 5.44. The van der Waals surface area contributed by atoms with Gasteiger partial charge in [-0.15, -0.1) is 0 Å². The highest BCUT2D eigenvalue weighted by atomic mass is 16.7. The normalized spacial score (nSPS) is 25.6. The predicted molar refractivity (Wildman–Crippen MR) is 108 cm³/mol. The molecule has 7 heteroatoms. The molecular weight excluding hydrogens is 374 g/mol. The molecule has 2 unspecified atom stereocenters. The molecule has 2 aliphatic rings. The summed E-state index contributed by atoms with van der Waals surface area (Å²) in [7, 11) is 0. The number of allylic oxidation sites excluding steroid dienone is 4. The predicted octanol–water partition coefficient (Wildman–Crippen LogP) is 5.35. The highest BCUT2D eigenvalue weighted by Crippen LogP contribution is 2.51. The van der Waals surface area contributed by atoms with Crippen LogP contribution >= 0.6 is 0 Å². The molecule has 1 aliphatic heterocycles. The largest absolute Gasteiger partial charge is 0.514 e. The fourth-order valence-corrected chi connectivity index (χ4v) is 3.83. The van der Waals surface area contributed by atoms with Crippen molar-refractivity contribution in [3.05, 3.63) is 57.7 Å². The summed E-state index contributed by atoms with van der Waals surface area (Å²) in [6.45, 7) is 6.96. The highest BCUT2D eigenvalue weighted by molar-refractivity contribution is 5.64. The van der Waals surface area contributed by atoms with Crippen LogP contribution in [-0.2, 0) is 9.47 Å². The lowest BCUT2D eigenvalue weighted by Crippen LogP contribution is -2.30. The molecule has 156 valence electrons. The maximum absolute atomic E-state index is 12.3. The molecule has 3 rings (SSSR count). The molecule has 1 aromatic carbocycles. The third-order valence-corrected chi connectivity index (χ3v) is 5.52. The zero-order valence-corrected chi connectivity index (χ0v) is 17.1. The molecular formula is C22H27NO6. The number of benzene rings is 1. The van der Waals surface area contributed by atoms with Crippen molar-refractivity contribution in [2.24, 2.45) is 5.92 Å². The summed E-state index contributed by atoms with van der Waals surface area (Å²) < 4.78 is 16.6. The van der Waals surface area contributed by atoms with E-state index in [9.17, 15) is 14.9 Å². The van der Waals surface area contributed by atoms with Crippen LogP contribution in [0.3, 0.4) is 0 Å². The monoisotopic (exact) mass is 401 g/mol. The Kier molecular flexibility index (Phi) is 6.37. The minimum atomic E-state index is -0.794. The van der Waals surface area contributed by atoms with Crippen molar-refractivity contribution in [2.75, 3.05) is 6.61 Å². The second-order valence-electron chi connectivity index (χ2n) is 8.03. The number of rotatable bonds is 7. The maximum Gasteiger partial charge on any atom is 0.514 e. The van der Waals surface area contributed by atoms with Crippen LogP contribution in [0.15, 0.2) is 47.6 Å². The number of carbonyl (C=O) groups is 1. The standard InChI is InChI=1S/C22H27NO6/c1-15(2)5-4-6-16(3)13-19-20(11-12-22(19)14-27-22)29-21(24)28-18-9-7-17(8-10-18)23(25)26/h5-10,19-20H,4,11-14H2,1-3H3/b16-6+/t19?,20?,22-/m0/s1. The van der Waals surface area contributed by atoms with Crippen LogP contribution in [0.2, 0.25) is 0 Å². The van der Waals surface area contributed by atoms with E-state index in [1.807, 2.05) is 0 Å². The van der Waals surface area contributed by atoms with E-state index in [2.05, 4.69) is 32.9 Å². The Morgan fingerprint density at radius 3 is 2.55 bits per heavy atom. The van der Waals surface area contributed by atoms with Gasteiger partial charge in [-0.05, 0) is 58.6 Å². The minimum Gasteiger partial charge on any atom is -0.430 e. The molecule has 2 fully saturated rings. The summed E-state index contributed by atoms with van der Waals surface area (Å²) in [6.07, 6.45) is 6.63. The minimum absolute atomic E-state index is 0.0650. The van der Waals surface area contributed by atoms with Gasteiger partial charge in [0.15, 0.2) is 0 Å². The van der Waals surface area contributed by atoms with Gasteiger partial charge in [0.2, 0.25) is 0 Å². The van der Waals surface area contributed by atoms with Gasteiger partial charge in [-0.3, -0.25) is 10.1 Å². The molecule has 0 aromatic heterocycles. The van der Waals surface area contributed by atoms with Gasteiger partial charge < -0.3 is 14.2 Å². The van der Waals surface area contributed by atoms with Crippen LogP contribution in [0.5, 0.6) is 5.75 Å². The summed E-state index contributed by atoms with van der Waals surface area (Å²) in [5.74, 6) is 0.320. The Labute approximate surface area is 170 Å². The summed E-state index contributed by atoms with van der Waals surface area (Å²) in [4.78, 5) is 22.5. The lowest BCUT2D eigenvalue weighted by Gasteiger charge is -2.23. The number of nitro groups is 1. The lowest BCUT2D eigenvalue weighted by molar-refractivity contribution is -0.384. The molecule has 0 bridgehead atoms. The molecule has 0 radical (unpaired) electrons. The zero-order valence-electron chi connectivity index (χ0n) is 17.1. The Morgan fingerprint density at radius 1 is 1.28 bits per heavy atom. The van der Waals surface area contributed by atoms with Gasteiger partial charge >= 0.3 is 6.16 Å². The first-order valence-electron chi connectivity index (χ1n) is 9.85. The quantitative estimate of drug-likeness (QED) is 0.153. The number of nitro benzene ring substituents is 1. The number of epoxide rings is 1. The summed E-state index contributed by atoms with van der Waals surface area (Å²) in [5.41, 5.74) is 2.29. The van der Waals surface area contributed by atoms with E-state index >= 15 is 0 Å². The average molecular weight is 401 g/mol. The first-order valence-corrected chi connectivity index (χ1v) is 9.85. The Hall–Kier alpha value is -2.67. The van der Waals surface area contributed by atoms with Crippen LogP contribution in [0.1, 0.15) is 46.5 Å². The van der Waals surface area contributed by atoms with Crippen molar-refractivity contribution in [3.8, 4) is 5.75 Å². The van der Waals surface area contributed by atoms with E-state index in [1.54, 1.807) is 0 Å². The Bertz CT molecular complexity index is 818. The number of ether oxygens (including phenoxy) is 3. The summed E-state index contributed by atoms with van der Waals surface area (Å²) >= 11 is 0. The van der Waals surface area contributed by atoms with Crippen LogP contribution in [0, 0.1) is 16.0 Å². The number of nitrogens with zero attached hydrogens (tertiary/aromatic N) is 1. The molecule has 1 heterocycles. The van der Waals surface area contributed by atoms with E-state index in [-0.39, 0.29) is 29.1 Å². The summed E-state index contributed by atoms with van der Waals surface area (Å²) in [5, 5.41) is 10.7. The molecule has 1 saturated heterocycles.